The molecule has 5 N–H and O–H groups in total. The van der Waals surface area contributed by atoms with Crippen molar-refractivity contribution in [2.24, 2.45) is 11.5 Å². The third-order valence-corrected chi connectivity index (χ3v) is 5.86. The highest BCUT2D eigenvalue weighted by atomic mass is 32.1. The van der Waals surface area contributed by atoms with Gasteiger partial charge in [-0.1, -0.05) is 31.4 Å². The zero-order chi connectivity index (χ0) is 24.0. The van der Waals surface area contributed by atoms with Crippen LogP contribution in [0, 0.1) is 11.6 Å². The van der Waals surface area contributed by atoms with E-state index < -0.39 is 11.6 Å². The predicted octanol–water partition coefficient (Wildman–Crippen LogP) is 5.29. The van der Waals surface area contributed by atoms with Crippen molar-refractivity contribution >= 4 is 22.7 Å². The summed E-state index contributed by atoms with van der Waals surface area (Å²) in [5.41, 5.74) is 15.4. The first-order chi connectivity index (χ1) is 15.8. The van der Waals surface area contributed by atoms with Crippen molar-refractivity contribution in [2.45, 2.75) is 19.9 Å². The van der Waals surface area contributed by atoms with Crippen molar-refractivity contribution in [1.29, 1.82) is 0 Å². The minimum atomic E-state index is -0.866. The first-order valence-electron chi connectivity index (χ1n) is 10.1. The minimum Gasteiger partial charge on any atom is -0.399 e. The second kappa shape index (κ2) is 10.7. The highest BCUT2D eigenvalue weighted by molar-refractivity contribution is 7.12. The monoisotopic (exact) mass is 465 g/mol. The van der Waals surface area contributed by atoms with Gasteiger partial charge in [-0.2, -0.15) is 0 Å². The van der Waals surface area contributed by atoms with Crippen LogP contribution in [-0.2, 0) is 13.0 Å². The molecule has 5 nitrogen and oxygen atoms in total. The molecular formula is C25H25F2N5S. The van der Waals surface area contributed by atoms with Gasteiger partial charge in [-0.15, -0.1) is 11.3 Å². The molecule has 2 heterocycles. The SMILES string of the molecule is C=C(N)C(=C/C(=C\C)c1cnc(CNc2ncccc2Cc2ccc(F)c(F)c2)s1)C(=C)N. The molecule has 8 heteroatoms. The Morgan fingerprint density at radius 1 is 1.12 bits per heavy atom. The summed E-state index contributed by atoms with van der Waals surface area (Å²) in [6, 6.07) is 7.60. The Kier molecular flexibility index (Phi) is 7.74. The molecule has 0 spiro atoms. The normalized spacial score (nSPS) is 11.2. The van der Waals surface area contributed by atoms with Crippen LogP contribution >= 0.6 is 11.3 Å². The fourth-order valence-electron chi connectivity index (χ4n) is 3.14. The Labute approximate surface area is 195 Å². The molecule has 2 aromatic heterocycles. The van der Waals surface area contributed by atoms with E-state index in [4.69, 9.17) is 11.5 Å². The number of allylic oxidation sites excluding steroid dienone is 3. The number of nitrogens with zero attached hydrogens (tertiary/aromatic N) is 2. The molecule has 0 aliphatic rings. The summed E-state index contributed by atoms with van der Waals surface area (Å²) in [7, 11) is 0. The van der Waals surface area contributed by atoms with Gasteiger partial charge in [0.05, 0.1) is 11.4 Å². The summed E-state index contributed by atoms with van der Waals surface area (Å²) in [5, 5.41) is 4.14. The second-order valence-electron chi connectivity index (χ2n) is 7.26. The maximum absolute atomic E-state index is 13.6. The van der Waals surface area contributed by atoms with Gasteiger partial charge in [0, 0.05) is 35.8 Å². The zero-order valence-corrected chi connectivity index (χ0v) is 19.1. The van der Waals surface area contributed by atoms with E-state index in [-0.39, 0.29) is 0 Å². The Hall–Kier alpha value is -3.78. The van der Waals surface area contributed by atoms with Gasteiger partial charge in [0.25, 0.3) is 0 Å². The lowest BCUT2D eigenvalue weighted by Gasteiger charge is -2.10. The maximum atomic E-state index is 13.6. The number of thiazole rings is 1. The lowest BCUT2D eigenvalue weighted by Crippen LogP contribution is -2.07. The molecule has 0 bridgehead atoms. The average Bonchev–Trinajstić information content (AvgIpc) is 3.24. The Bertz CT molecular complexity index is 1230. The molecule has 0 saturated heterocycles. The topological polar surface area (TPSA) is 89.8 Å². The van der Waals surface area contributed by atoms with E-state index in [1.165, 1.54) is 17.4 Å². The van der Waals surface area contributed by atoms with Gasteiger partial charge in [-0.3, -0.25) is 0 Å². The van der Waals surface area contributed by atoms with Crippen LogP contribution < -0.4 is 16.8 Å². The number of nitrogens with one attached hydrogen (secondary N) is 1. The predicted molar refractivity (Wildman–Crippen MR) is 131 cm³/mol. The van der Waals surface area contributed by atoms with Crippen molar-refractivity contribution in [2.75, 3.05) is 5.32 Å². The van der Waals surface area contributed by atoms with E-state index >= 15 is 0 Å². The smallest absolute Gasteiger partial charge is 0.159 e. The van der Waals surface area contributed by atoms with Gasteiger partial charge in [0.1, 0.15) is 10.8 Å². The summed E-state index contributed by atoms with van der Waals surface area (Å²) < 4.78 is 26.8. The van der Waals surface area contributed by atoms with Crippen molar-refractivity contribution in [3.63, 3.8) is 0 Å². The van der Waals surface area contributed by atoms with Gasteiger partial charge in [0.15, 0.2) is 11.6 Å². The van der Waals surface area contributed by atoms with Crippen LogP contribution in [0.15, 0.2) is 85.0 Å². The number of benzene rings is 1. The number of anilines is 1. The zero-order valence-electron chi connectivity index (χ0n) is 18.2. The van der Waals surface area contributed by atoms with E-state index in [9.17, 15) is 8.78 Å². The Balaban J connectivity index is 1.74. The Morgan fingerprint density at radius 2 is 1.88 bits per heavy atom. The molecule has 0 fully saturated rings. The first kappa shape index (κ1) is 23.9. The molecule has 33 heavy (non-hydrogen) atoms. The molecule has 0 aliphatic carbocycles. The molecule has 0 aliphatic heterocycles. The lowest BCUT2D eigenvalue weighted by molar-refractivity contribution is 0.507. The molecule has 0 atom stereocenters. The number of rotatable bonds is 9. The van der Waals surface area contributed by atoms with Crippen LogP contribution in [0.4, 0.5) is 14.6 Å². The number of hydrogen-bond acceptors (Lipinski definition) is 6. The van der Waals surface area contributed by atoms with E-state index in [1.807, 2.05) is 25.1 Å². The van der Waals surface area contributed by atoms with Crippen molar-refractivity contribution in [3.05, 3.63) is 118 Å². The van der Waals surface area contributed by atoms with Crippen molar-refractivity contribution in [3.8, 4) is 0 Å². The first-order valence-corrected chi connectivity index (χ1v) is 10.9. The van der Waals surface area contributed by atoms with E-state index in [1.54, 1.807) is 24.5 Å². The van der Waals surface area contributed by atoms with Crippen LogP contribution in [0.25, 0.3) is 5.57 Å². The molecule has 0 unspecified atom stereocenters. The van der Waals surface area contributed by atoms with Crippen LogP contribution in [0.3, 0.4) is 0 Å². The van der Waals surface area contributed by atoms with Crippen molar-refractivity contribution in [1.82, 2.24) is 9.97 Å². The molecule has 0 amide bonds. The van der Waals surface area contributed by atoms with Gasteiger partial charge in [0.2, 0.25) is 0 Å². The van der Waals surface area contributed by atoms with Crippen LogP contribution in [0.2, 0.25) is 0 Å². The number of hydrogen-bond donors (Lipinski definition) is 3. The molecule has 0 saturated carbocycles. The average molecular weight is 466 g/mol. The van der Waals surface area contributed by atoms with Crippen LogP contribution in [-0.4, -0.2) is 9.97 Å². The highest BCUT2D eigenvalue weighted by Crippen LogP contribution is 2.27. The summed E-state index contributed by atoms with van der Waals surface area (Å²) in [5.74, 6) is -1.07. The number of nitrogens with two attached hydrogens (primary N) is 2. The second-order valence-corrected chi connectivity index (χ2v) is 8.38. The van der Waals surface area contributed by atoms with E-state index in [2.05, 4.69) is 28.4 Å². The summed E-state index contributed by atoms with van der Waals surface area (Å²) in [6.07, 6.45) is 7.65. The molecular weight excluding hydrogens is 440 g/mol. The molecule has 3 rings (SSSR count). The van der Waals surface area contributed by atoms with Gasteiger partial charge in [-0.25, -0.2) is 18.7 Å². The van der Waals surface area contributed by atoms with Gasteiger partial charge >= 0.3 is 0 Å². The number of halogens is 2. The van der Waals surface area contributed by atoms with Crippen LogP contribution in [0.1, 0.15) is 27.9 Å². The standard InChI is InChI=1S/C25H25F2N5S/c1-4-18(12-20(15(2)28)16(3)29)23-13-31-24(33-23)14-32-25-19(6-5-9-30-25)10-17-7-8-21(26)22(27)11-17/h4-9,11-13H,2-3,10,14,28-29H2,1H3,(H,30,32)/b18-4+. The number of pyridine rings is 1. The largest absolute Gasteiger partial charge is 0.399 e. The molecule has 3 aromatic rings. The highest BCUT2D eigenvalue weighted by Gasteiger charge is 2.11. The Morgan fingerprint density at radius 3 is 2.55 bits per heavy atom. The third kappa shape index (κ3) is 6.14. The summed E-state index contributed by atoms with van der Waals surface area (Å²) in [6.45, 7) is 9.86. The fraction of sp³-hybridized carbons (Fsp3) is 0.120. The number of aromatic nitrogens is 2. The van der Waals surface area contributed by atoms with Crippen LogP contribution in [0.5, 0.6) is 0 Å². The molecule has 1 aromatic carbocycles. The lowest BCUT2D eigenvalue weighted by atomic mass is 10.1. The third-order valence-electron chi connectivity index (χ3n) is 4.82. The summed E-state index contributed by atoms with van der Waals surface area (Å²) >= 11 is 1.52. The van der Waals surface area contributed by atoms with E-state index in [0.717, 1.165) is 27.1 Å². The fourth-order valence-corrected chi connectivity index (χ4v) is 4.04. The minimum absolute atomic E-state index is 0.344. The summed E-state index contributed by atoms with van der Waals surface area (Å²) in [4.78, 5) is 9.83. The maximum Gasteiger partial charge on any atom is 0.159 e. The van der Waals surface area contributed by atoms with Gasteiger partial charge < -0.3 is 16.8 Å². The van der Waals surface area contributed by atoms with E-state index in [0.29, 0.717) is 41.3 Å². The molecule has 170 valence electrons. The quantitative estimate of drug-likeness (QED) is 0.374. The van der Waals surface area contributed by atoms with Crippen molar-refractivity contribution < 1.29 is 8.78 Å². The van der Waals surface area contributed by atoms with Gasteiger partial charge in [-0.05, 0) is 47.9 Å². The molecule has 0 radical (unpaired) electrons.